The Bertz CT molecular complexity index is 355. The van der Waals surface area contributed by atoms with Crippen molar-refractivity contribution in [2.75, 3.05) is 11.9 Å². The van der Waals surface area contributed by atoms with Gasteiger partial charge < -0.3 is 5.32 Å². The Hall–Kier alpha value is -1.49. The maximum Gasteiger partial charge on any atom is 0.0621 e. The van der Waals surface area contributed by atoms with Gasteiger partial charge in [0.1, 0.15) is 0 Å². The van der Waals surface area contributed by atoms with Gasteiger partial charge in [-0.25, -0.2) is 0 Å². The fraction of sp³-hybridized carbons (Fsp3) is 0.533. The Morgan fingerprint density at radius 1 is 1.12 bits per heavy atom. The molecule has 0 unspecified atom stereocenters. The van der Waals surface area contributed by atoms with Crippen LogP contribution < -0.4 is 5.32 Å². The lowest BCUT2D eigenvalue weighted by molar-refractivity contribution is 0.783. The summed E-state index contributed by atoms with van der Waals surface area (Å²) in [5.41, 5.74) is 4.10. The fourth-order valence-corrected chi connectivity index (χ4v) is 2.01. The SMILES string of the molecule is CCc1cccc(CC)c1NCCCCC#N. The zero-order valence-corrected chi connectivity index (χ0v) is 10.9. The number of benzene rings is 1. The van der Waals surface area contributed by atoms with E-state index in [2.05, 4.69) is 43.4 Å². The molecule has 1 N–H and O–H groups in total. The minimum atomic E-state index is 0.664. The van der Waals surface area contributed by atoms with Crippen molar-refractivity contribution in [2.45, 2.75) is 46.0 Å². The van der Waals surface area contributed by atoms with E-state index in [1.54, 1.807) is 0 Å². The lowest BCUT2D eigenvalue weighted by Gasteiger charge is -2.15. The molecular formula is C15H22N2. The van der Waals surface area contributed by atoms with Crippen LogP contribution in [0.15, 0.2) is 18.2 Å². The lowest BCUT2D eigenvalue weighted by atomic mass is 10.0. The summed E-state index contributed by atoms with van der Waals surface area (Å²) in [6.45, 7) is 5.34. The molecule has 0 aliphatic rings. The van der Waals surface area contributed by atoms with Crippen LogP contribution in [-0.2, 0) is 12.8 Å². The van der Waals surface area contributed by atoms with Crippen LogP contribution in [0.25, 0.3) is 0 Å². The smallest absolute Gasteiger partial charge is 0.0621 e. The van der Waals surface area contributed by atoms with E-state index in [-0.39, 0.29) is 0 Å². The van der Waals surface area contributed by atoms with E-state index in [1.165, 1.54) is 16.8 Å². The highest BCUT2D eigenvalue weighted by Crippen LogP contribution is 2.22. The highest BCUT2D eigenvalue weighted by atomic mass is 14.9. The van der Waals surface area contributed by atoms with Gasteiger partial charge in [-0.15, -0.1) is 0 Å². The second-order valence-electron chi connectivity index (χ2n) is 4.20. The van der Waals surface area contributed by atoms with Gasteiger partial charge in [0.2, 0.25) is 0 Å². The molecule has 0 aliphatic heterocycles. The first-order valence-electron chi connectivity index (χ1n) is 6.55. The first-order chi connectivity index (χ1) is 8.33. The molecule has 0 bridgehead atoms. The minimum absolute atomic E-state index is 0.664. The van der Waals surface area contributed by atoms with Crippen molar-refractivity contribution in [1.29, 1.82) is 5.26 Å². The summed E-state index contributed by atoms with van der Waals surface area (Å²) in [5, 5.41) is 12.0. The molecule has 1 aromatic carbocycles. The van der Waals surface area contributed by atoms with E-state index in [4.69, 9.17) is 5.26 Å². The average molecular weight is 230 g/mol. The van der Waals surface area contributed by atoms with Gasteiger partial charge in [0.05, 0.1) is 6.07 Å². The molecule has 0 fully saturated rings. The second kappa shape index (κ2) is 7.73. The van der Waals surface area contributed by atoms with Gasteiger partial charge in [-0.3, -0.25) is 0 Å². The number of nitrogens with zero attached hydrogens (tertiary/aromatic N) is 1. The number of nitrogens with one attached hydrogen (secondary N) is 1. The molecule has 0 amide bonds. The van der Waals surface area contributed by atoms with Gasteiger partial charge in [0.15, 0.2) is 0 Å². The Balaban J connectivity index is 2.59. The Morgan fingerprint density at radius 2 is 1.76 bits per heavy atom. The van der Waals surface area contributed by atoms with Crippen molar-refractivity contribution in [2.24, 2.45) is 0 Å². The van der Waals surface area contributed by atoms with Crippen LogP contribution in [0.5, 0.6) is 0 Å². The summed E-state index contributed by atoms with van der Waals surface area (Å²) in [7, 11) is 0. The highest BCUT2D eigenvalue weighted by molar-refractivity contribution is 5.57. The molecule has 0 spiro atoms. The van der Waals surface area contributed by atoms with E-state index in [9.17, 15) is 0 Å². The van der Waals surface area contributed by atoms with E-state index >= 15 is 0 Å². The summed E-state index contributed by atoms with van der Waals surface area (Å²) in [6.07, 6.45) is 4.84. The van der Waals surface area contributed by atoms with E-state index in [0.717, 1.165) is 32.2 Å². The zero-order chi connectivity index (χ0) is 12.5. The molecule has 1 aromatic rings. The van der Waals surface area contributed by atoms with Crippen molar-refractivity contribution >= 4 is 5.69 Å². The molecule has 2 nitrogen and oxygen atoms in total. The molecule has 0 aliphatic carbocycles. The third kappa shape index (κ3) is 4.11. The van der Waals surface area contributed by atoms with E-state index in [0.29, 0.717) is 6.42 Å². The van der Waals surface area contributed by atoms with Crippen LogP contribution in [0.4, 0.5) is 5.69 Å². The number of unbranched alkanes of at least 4 members (excludes halogenated alkanes) is 2. The molecule has 92 valence electrons. The molecule has 0 saturated heterocycles. The van der Waals surface area contributed by atoms with Crippen molar-refractivity contribution in [3.63, 3.8) is 0 Å². The zero-order valence-electron chi connectivity index (χ0n) is 10.9. The molecule has 17 heavy (non-hydrogen) atoms. The number of hydrogen-bond donors (Lipinski definition) is 1. The summed E-state index contributed by atoms with van der Waals surface area (Å²) in [5.74, 6) is 0. The molecule has 2 heteroatoms. The van der Waals surface area contributed by atoms with Crippen LogP contribution in [-0.4, -0.2) is 6.54 Å². The summed E-state index contributed by atoms with van der Waals surface area (Å²) in [4.78, 5) is 0. The van der Waals surface area contributed by atoms with Crippen LogP contribution in [0, 0.1) is 11.3 Å². The van der Waals surface area contributed by atoms with Crippen LogP contribution >= 0.6 is 0 Å². The second-order valence-corrected chi connectivity index (χ2v) is 4.20. The van der Waals surface area contributed by atoms with Crippen LogP contribution in [0.3, 0.4) is 0 Å². The molecule has 0 saturated carbocycles. The lowest BCUT2D eigenvalue weighted by Crippen LogP contribution is -2.06. The summed E-state index contributed by atoms with van der Waals surface area (Å²) in [6, 6.07) is 8.70. The molecule has 0 radical (unpaired) electrons. The van der Waals surface area contributed by atoms with Gasteiger partial charge in [-0.05, 0) is 36.8 Å². The third-order valence-electron chi connectivity index (χ3n) is 3.02. The quantitative estimate of drug-likeness (QED) is 0.721. The number of para-hydroxylation sites is 1. The van der Waals surface area contributed by atoms with Gasteiger partial charge in [-0.1, -0.05) is 32.0 Å². The topological polar surface area (TPSA) is 35.8 Å². The molecule has 0 heterocycles. The van der Waals surface area contributed by atoms with Gasteiger partial charge in [0.25, 0.3) is 0 Å². The van der Waals surface area contributed by atoms with Crippen molar-refractivity contribution in [3.05, 3.63) is 29.3 Å². The number of aryl methyl sites for hydroxylation is 2. The molecular weight excluding hydrogens is 208 g/mol. The Labute approximate surface area is 105 Å². The molecule has 1 rings (SSSR count). The van der Waals surface area contributed by atoms with Gasteiger partial charge in [0, 0.05) is 18.7 Å². The first kappa shape index (κ1) is 13.6. The molecule has 0 aromatic heterocycles. The molecule has 0 atom stereocenters. The Kier molecular flexibility index (Phi) is 6.17. The first-order valence-corrected chi connectivity index (χ1v) is 6.55. The number of rotatable bonds is 7. The monoisotopic (exact) mass is 230 g/mol. The highest BCUT2D eigenvalue weighted by Gasteiger charge is 2.04. The third-order valence-corrected chi connectivity index (χ3v) is 3.02. The van der Waals surface area contributed by atoms with E-state index < -0.39 is 0 Å². The summed E-state index contributed by atoms with van der Waals surface area (Å²) >= 11 is 0. The average Bonchev–Trinajstić information content (AvgIpc) is 2.38. The Morgan fingerprint density at radius 3 is 2.29 bits per heavy atom. The maximum atomic E-state index is 8.48. The van der Waals surface area contributed by atoms with Crippen LogP contribution in [0.1, 0.15) is 44.2 Å². The normalized spacial score (nSPS) is 9.94. The maximum absolute atomic E-state index is 8.48. The van der Waals surface area contributed by atoms with Crippen molar-refractivity contribution < 1.29 is 0 Å². The predicted octanol–water partition coefficient (Wildman–Crippen LogP) is 3.92. The van der Waals surface area contributed by atoms with Gasteiger partial charge >= 0.3 is 0 Å². The number of anilines is 1. The summed E-state index contributed by atoms with van der Waals surface area (Å²) < 4.78 is 0. The fourth-order valence-electron chi connectivity index (χ4n) is 2.01. The number of hydrogen-bond acceptors (Lipinski definition) is 2. The minimum Gasteiger partial charge on any atom is -0.385 e. The predicted molar refractivity (Wildman–Crippen MR) is 73.2 cm³/mol. The van der Waals surface area contributed by atoms with Crippen molar-refractivity contribution in [3.8, 4) is 6.07 Å². The van der Waals surface area contributed by atoms with Crippen molar-refractivity contribution in [1.82, 2.24) is 0 Å². The standard InChI is InChI=1S/C15H22N2/c1-3-13-9-8-10-14(4-2)15(13)17-12-7-5-6-11-16/h8-10,17H,3-7,12H2,1-2H3. The van der Waals surface area contributed by atoms with E-state index in [1.807, 2.05) is 0 Å². The largest absolute Gasteiger partial charge is 0.385 e. The van der Waals surface area contributed by atoms with Crippen LogP contribution in [0.2, 0.25) is 0 Å². The number of nitriles is 1. The van der Waals surface area contributed by atoms with Gasteiger partial charge in [-0.2, -0.15) is 5.26 Å².